The number of methoxy groups -OCH3 is 1. The van der Waals surface area contributed by atoms with Crippen molar-refractivity contribution in [1.82, 2.24) is 39.9 Å². The van der Waals surface area contributed by atoms with Crippen molar-refractivity contribution >= 4 is 189 Å². The van der Waals surface area contributed by atoms with Crippen LogP contribution in [0.1, 0.15) is 10.4 Å². The summed E-state index contributed by atoms with van der Waals surface area (Å²) in [5, 5.41) is -1.08. The molecule has 2 aliphatic rings. The van der Waals surface area contributed by atoms with E-state index in [2.05, 4.69) is 9.97 Å². The number of carbonyl (C=O) groups excluding carboxylic acids is 1. The van der Waals surface area contributed by atoms with Gasteiger partial charge in [0.15, 0.2) is 46.3 Å². The number of hydrogen-bond donors (Lipinski definition) is 2. The van der Waals surface area contributed by atoms with Crippen molar-refractivity contribution in [3.63, 3.8) is 0 Å². The summed E-state index contributed by atoms with van der Waals surface area (Å²) in [6.45, 7) is 0. The average molecular weight is 1580 g/mol. The first-order valence-electron chi connectivity index (χ1n) is 30.4. The third kappa shape index (κ3) is 11.6. The quantitative estimate of drug-likeness (QED) is 0.0877. The molecule has 5 heterocycles. The van der Waals surface area contributed by atoms with E-state index in [0.29, 0.717) is 33.9 Å². The number of ether oxygens (including phenoxy) is 5. The summed E-state index contributed by atoms with van der Waals surface area (Å²) in [6, 6.07) is 56.7. The Morgan fingerprint density at radius 1 is 0.294 bits per heavy atom. The lowest BCUT2D eigenvalue weighted by molar-refractivity contribution is 0.0600. The van der Waals surface area contributed by atoms with Crippen LogP contribution < -0.4 is 18.9 Å². The highest BCUT2D eigenvalue weighted by molar-refractivity contribution is 6.53. The number of aromatic amines is 2. The lowest BCUT2D eigenvalue weighted by Crippen LogP contribution is -2.00. The van der Waals surface area contributed by atoms with Crippen LogP contribution in [0.25, 0.3) is 123 Å². The molecule has 102 heavy (non-hydrogen) atoms. The molecule has 0 saturated carbocycles. The Balaban J connectivity index is 1.02. The predicted molar refractivity (Wildman–Crippen MR) is 410 cm³/mol. The highest BCUT2D eigenvalue weighted by Gasteiger charge is 2.36. The van der Waals surface area contributed by atoms with Crippen LogP contribution in [0.3, 0.4) is 0 Å². The molecular weight excluding hydrogens is 1550 g/mol. The molecule has 3 aromatic heterocycles. The number of para-hydroxylation sites is 3. The number of rotatable bonds is 12. The number of carbonyl (C=O) groups is 1. The molecule has 2 aliphatic heterocycles. The predicted octanol–water partition coefficient (Wildman–Crippen LogP) is 26.7. The fourth-order valence-corrected chi connectivity index (χ4v) is 15.5. The van der Waals surface area contributed by atoms with Gasteiger partial charge in [0.25, 0.3) is 0 Å². The van der Waals surface area contributed by atoms with Crippen LogP contribution in [-0.4, -0.2) is 53.0 Å². The largest absolute Gasteiger partial charge is 0.465 e. The second kappa shape index (κ2) is 27.3. The van der Waals surface area contributed by atoms with Crippen LogP contribution in [0.2, 0.25) is 60.3 Å². The third-order valence-corrected chi connectivity index (χ3v) is 21.6. The van der Waals surface area contributed by atoms with Crippen LogP contribution >= 0.6 is 139 Å². The minimum atomic E-state index is -0.579. The first-order valence-corrected chi connectivity index (χ1v) is 35.0. The zero-order chi connectivity index (χ0) is 70.5. The molecule has 8 bridgehead atoms. The number of fused-ring (bicyclic) bond motifs is 20. The molecule has 0 saturated heterocycles. The Kier molecular flexibility index (Phi) is 18.0. The minimum Gasteiger partial charge on any atom is -0.465 e. The van der Waals surface area contributed by atoms with Crippen molar-refractivity contribution in [2.24, 2.45) is 0 Å². The van der Waals surface area contributed by atoms with Crippen LogP contribution in [0.15, 0.2) is 188 Å². The maximum atomic E-state index is 12.5. The molecular formula is C76H36Cl12N8O6. The van der Waals surface area contributed by atoms with Crippen molar-refractivity contribution in [3.05, 3.63) is 254 Å². The summed E-state index contributed by atoms with van der Waals surface area (Å²) in [7, 11) is 1.27. The number of halogens is 12. The lowest BCUT2D eigenvalue weighted by atomic mass is 10.0. The molecule has 500 valence electrons. The van der Waals surface area contributed by atoms with Gasteiger partial charge < -0.3 is 33.7 Å². The molecule has 14 aromatic rings. The Morgan fingerprint density at radius 3 is 0.922 bits per heavy atom. The van der Waals surface area contributed by atoms with E-state index in [1.54, 1.807) is 36.4 Å². The Morgan fingerprint density at radius 2 is 0.578 bits per heavy atom. The van der Waals surface area contributed by atoms with E-state index in [0.717, 1.165) is 16.7 Å². The maximum absolute atomic E-state index is 12.5. The topological polar surface area (TPSA) is 172 Å². The second-order valence-electron chi connectivity index (χ2n) is 22.7. The van der Waals surface area contributed by atoms with Crippen molar-refractivity contribution in [2.75, 3.05) is 7.11 Å². The Labute approximate surface area is 638 Å². The number of aromatic nitrogens is 8. The summed E-state index contributed by atoms with van der Waals surface area (Å²) in [4.78, 5) is 50.3. The summed E-state index contributed by atoms with van der Waals surface area (Å²) >= 11 is 90.5. The number of esters is 1. The zero-order valence-electron chi connectivity index (χ0n) is 51.6. The number of nitrogens with one attached hydrogen (secondary N) is 2. The van der Waals surface area contributed by atoms with E-state index in [1.165, 1.54) is 31.4 Å². The summed E-state index contributed by atoms with van der Waals surface area (Å²) in [6.07, 6.45) is 0. The van der Waals surface area contributed by atoms with Gasteiger partial charge >= 0.3 is 5.97 Å². The van der Waals surface area contributed by atoms with E-state index in [9.17, 15) is 4.79 Å². The van der Waals surface area contributed by atoms with E-state index in [4.69, 9.17) is 193 Å². The van der Waals surface area contributed by atoms with E-state index in [-0.39, 0.29) is 184 Å². The molecule has 26 heteroatoms. The highest BCUT2D eigenvalue weighted by Crippen LogP contribution is 2.58. The van der Waals surface area contributed by atoms with Gasteiger partial charge in [-0.25, -0.2) is 34.7 Å². The van der Waals surface area contributed by atoms with Crippen molar-refractivity contribution in [1.29, 1.82) is 0 Å². The molecule has 14 nitrogen and oxygen atoms in total. The summed E-state index contributed by atoms with van der Waals surface area (Å²) < 4.78 is 31.7. The van der Waals surface area contributed by atoms with E-state index >= 15 is 0 Å². The standard InChI is InChI=1S/C76H36Cl12N8O6/c1-98-76(97)36-29-31-37(32-30-36)99-64-56(81)48-44(52(77)60(64)85)68-89-72(48)90-69-45-49(57(82)65(61(86)53(45)78)100-41-26-14-11-23-38(41)33-17-5-2-6-18-33)74(92-69)94-71-47-51(59(84)67(63(88)55(47)80)102-43-28-16-13-25-40(43)35-21-9-4-10-22-35)75(96-71)95-70-46-50(73(91-68)93-70)58(83)66(62(87)54(46)79)101-42-27-15-12-24-39(42)34-19-7-3-8-20-34/h2-32H,1H3,(H2,89,90,91,92,93,94,95,96). The SMILES string of the molecule is COC(=O)c1ccc(Oc2c(Cl)c(Cl)c3c4nc5nc(nc6[nH]c(nc7nc(nc([nH]4)c3c2Cl)-c2c(Cl)c(Cl)c(Oc3ccccc3-c3ccccc3)c(Cl)c2-7)c2c(Cl)c(Cl)c(Oc3ccccc3-c3ccccc3)c(Cl)c62)-c2c(Cl)c(Cl)c(Oc3ccccc3-c3ccccc3)c(Cl)c2-5)cc1. The normalized spacial score (nSPS) is 11.6. The number of hydrogen-bond acceptors (Lipinski definition) is 12. The molecule has 2 N–H and O–H groups in total. The van der Waals surface area contributed by atoms with Gasteiger partial charge in [0.1, 0.15) is 65.7 Å². The molecule has 0 unspecified atom stereocenters. The lowest BCUT2D eigenvalue weighted by Gasteiger charge is -2.17. The molecule has 0 radical (unpaired) electrons. The number of benzene rings is 11. The molecule has 0 atom stereocenters. The van der Waals surface area contributed by atoms with Gasteiger partial charge in [-0.1, -0.05) is 285 Å². The van der Waals surface area contributed by atoms with Crippen molar-refractivity contribution < 1.29 is 28.5 Å². The second-order valence-corrected chi connectivity index (χ2v) is 27.2. The number of H-pyrrole nitrogens is 2. The third-order valence-electron chi connectivity index (χ3n) is 16.8. The van der Waals surface area contributed by atoms with Crippen LogP contribution in [0, 0.1) is 0 Å². The van der Waals surface area contributed by atoms with Gasteiger partial charge in [-0.15, -0.1) is 0 Å². The number of nitrogens with zero attached hydrogens (tertiary/aromatic N) is 6. The van der Waals surface area contributed by atoms with Gasteiger partial charge in [0.05, 0.1) is 96.7 Å². The minimum absolute atomic E-state index is 0.0387. The van der Waals surface area contributed by atoms with Gasteiger partial charge in [0.2, 0.25) is 0 Å². The molecule has 11 aromatic carbocycles. The maximum Gasteiger partial charge on any atom is 0.337 e. The van der Waals surface area contributed by atoms with Gasteiger partial charge in [0, 0.05) is 16.7 Å². The molecule has 0 amide bonds. The molecule has 0 aliphatic carbocycles. The van der Waals surface area contributed by atoms with Gasteiger partial charge in [-0.3, -0.25) is 0 Å². The Hall–Kier alpha value is -9.07. The summed E-state index contributed by atoms with van der Waals surface area (Å²) in [5.41, 5.74) is 4.93. The van der Waals surface area contributed by atoms with Crippen LogP contribution in [0.4, 0.5) is 0 Å². The first kappa shape index (κ1) is 67.4. The van der Waals surface area contributed by atoms with E-state index in [1.807, 2.05) is 127 Å². The van der Waals surface area contributed by atoms with Crippen LogP contribution in [0.5, 0.6) is 46.0 Å². The monoisotopic (exact) mass is 1580 g/mol. The van der Waals surface area contributed by atoms with Crippen molar-refractivity contribution in [2.45, 2.75) is 0 Å². The van der Waals surface area contributed by atoms with E-state index < -0.39 is 5.97 Å². The fraction of sp³-hybridized carbons (Fsp3) is 0.0132. The molecule has 16 rings (SSSR count). The van der Waals surface area contributed by atoms with Crippen molar-refractivity contribution in [3.8, 4) is 125 Å². The van der Waals surface area contributed by atoms with Gasteiger partial charge in [-0.05, 0) is 59.2 Å². The Bertz CT molecular complexity index is 5980. The molecule has 0 fully saturated rings. The average Bonchev–Trinajstić information content (AvgIpc) is 1.56. The van der Waals surface area contributed by atoms with Crippen LogP contribution in [-0.2, 0) is 4.74 Å². The smallest absolute Gasteiger partial charge is 0.337 e. The fourth-order valence-electron chi connectivity index (χ4n) is 12.1. The van der Waals surface area contributed by atoms with Gasteiger partial charge in [-0.2, -0.15) is 0 Å². The summed E-state index contributed by atoms with van der Waals surface area (Å²) in [5.74, 6) is -0.155. The first-order chi connectivity index (χ1) is 49.5. The zero-order valence-corrected chi connectivity index (χ0v) is 60.6. The highest BCUT2D eigenvalue weighted by atomic mass is 35.5. The molecule has 0 spiro atoms.